The van der Waals surface area contributed by atoms with Crippen LogP contribution in [0.4, 0.5) is 0 Å². The van der Waals surface area contributed by atoms with Crippen LogP contribution in [-0.4, -0.2) is 20.5 Å². The van der Waals surface area contributed by atoms with E-state index in [1.165, 1.54) is 0 Å². The molecule has 0 aromatic carbocycles. The fraction of sp³-hybridized carbons (Fsp3) is 0.235. The van der Waals surface area contributed by atoms with Crippen LogP contribution in [0.15, 0.2) is 45.7 Å². The first-order valence-electron chi connectivity index (χ1n) is 7.69. The largest absolute Gasteiger partial charge is 0.343 e. The third-order valence-electron chi connectivity index (χ3n) is 3.56. The lowest BCUT2D eigenvalue weighted by Crippen LogP contribution is -2.28. The van der Waals surface area contributed by atoms with Crippen molar-refractivity contribution < 1.29 is 4.79 Å². The molecule has 0 radical (unpaired) electrons. The van der Waals surface area contributed by atoms with E-state index in [9.17, 15) is 4.79 Å². The Morgan fingerprint density at radius 1 is 1.46 bits per heavy atom. The molecule has 3 rings (SSSR count). The van der Waals surface area contributed by atoms with E-state index in [2.05, 4.69) is 38.4 Å². The minimum absolute atomic E-state index is 0.136. The number of hydrogen-bond donors (Lipinski definition) is 1. The number of amides is 1. The van der Waals surface area contributed by atoms with Gasteiger partial charge in [-0.3, -0.25) is 9.20 Å². The molecule has 3 heterocycles. The Morgan fingerprint density at radius 3 is 3.08 bits per heavy atom. The molecule has 0 aliphatic carbocycles. The van der Waals surface area contributed by atoms with E-state index in [1.807, 2.05) is 46.3 Å². The molecule has 0 fully saturated rings. The minimum atomic E-state index is -0.168. The lowest BCUT2D eigenvalue weighted by molar-refractivity contribution is -0.117. The van der Waals surface area contributed by atoms with Gasteiger partial charge in [0.15, 0.2) is 11.5 Å². The molecule has 0 spiro atoms. The van der Waals surface area contributed by atoms with E-state index in [0.29, 0.717) is 0 Å². The lowest BCUT2D eigenvalue weighted by Gasteiger charge is -2.15. The van der Waals surface area contributed by atoms with Gasteiger partial charge in [0.1, 0.15) is 0 Å². The van der Waals surface area contributed by atoms with E-state index in [-0.39, 0.29) is 11.9 Å². The Kier molecular flexibility index (Phi) is 5.42. The van der Waals surface area contributed by atoms with E-state index >= 15 is 0 Å². The standard InChI is InChI=1S/C17H17BrN4OS/c1-2-5-13(17-21-20-15-6-3-4-9-22(15)17)19-16(23)8-7-12-10-14(18)24-11-12/h3-4,6-11,13H,2,5H2,1H3,(H,19,23)/b8-7+. The minimum Gasteiger partial charge on any atom is -0.343 e. The molecule has 1 unspecified atom stereocenters. The highest BCUT2D eigenvalue weighted by atomic mass is 79.9. The van der Waals surface area contributed by atoms with Crippen molar-refractivity contribution in [1.29, 1.82) is 0 Å². The molecule has 0 aliphatic heterocycles. The molecule has 3 aromatic rings. The number of aromatic nitrogens is 3. The highest BCUT2D eigenvalue weighted by Gasteiger charge is 2.18. The first-order chi connectivity index (χ1) is 11.7. The molecule has 1 N–H and O–H groups in total. The molecule has 0 saturated carbocycles. The maximum Gasteiger partial charge on any atom is 0.244 e. The predicted octanol–water partition coefficient (Wildman–Crippen LogP) is 4.22. The molecular formula is C17H17BrN4OS. The topological polar surface area (TPSA) is 59.3 Å². The Labute approximate surface area is 152 Å². The molecule has 0 saturated heterocycles. The molecule has 1 amide bonds. The maximum absolute atomic E-state index is 12.3. The smallest absolute Gasteiger partial charge is 0.244 e. The van der Waals surface area contributed by atoms with Crippen LogP contribution in [0.5, 0.6) is 0 Å². The van der Waals surface area contributed by atoms with Gasteiger partial charge in [-0.2, -0.15) is 0 Å². The van der Waals surface area contributed by atoms with Gasteiger partial charge in [-0.25, -0.2) is 0 Å². The molecular weight excluding hydrogens is 388 g/mol. The molecule has 5 nitrogen and oxygen atoms in total. The fourth-order valence-corrected chi connectivity index (χ4v) is 3.60. The number of pyridine rings is 1. The Balaban J connectivity index is 1.76. The van der Waals surface area contributed by atoms with Crippen molar-refractivity contribution >= 4 is 44.9 Å². The summed E-state index contributed by atoms with van der Waals surface area (Å²) in [5.41, 5.74) is 1.78. The lowest BCUT2D eigenvalue weighted by atomic mass is 10.1. The number of carbonyl (C=O) groups is 1. The summed E-state index contributed by atoms with van der Waals surface area (Å²) in [6.07, 6.45) is 7.02. The normalized spacial score (nSPS) is 12.8. The van der Waals surface area contributed by atoms with Crippen molar-refractivity contribution in [3.63, 3.8) is 0 Å². The second-order valence-corrected chi connectivity index (χ2v) is 7.64. The molecule has 7 heteroatoms. The summed E-state index contributed by atoms with van der Waals surface area (Å²) < 4.78 is 2.96. The first-order valence-corrected chi connectivity index (χ1v) is 9.37. The first kappa shape index (κ1) is 16.9. The number of carbonyl (C=O) groups excluding carboxylic acids is 1. The average Bonchev–Trinajstić information content (AvgIpc) is 3.18. The summed E-state index contributed by atoms with van der Waals surface area (Å²) >= 11 is 5.00. The van der Waals surface area contributed by atoms with E-state index in [4.69, 9.17) is 0 Å². The fourth-order valence-electron chi connectivity index (χ4n) is 2.45. The highest BCUT2D eigenvalue weighted by molar-refractivity contribution is 9.11. The highest BCUT2D eigenvalue weighted by Crippen LogP contribution is 2.22. The van der Waals surface area contributed by atoms with E-state index in [1.54, 1.807) is 17.4 Å². The van der Waals surface area contributed by atoms with Crippen molar-refractivity contribution in [1.82, 2.24) is 19.9 Å². The SMILES string of the molecule is CCCC(NC(=O)/C=C/c1csc(Br)c1)c1nnc2ccccn12. The van der Waals surface area contributed by atoms with Gasteiger partial charge >= 0.3 is 0 Å². The molecule has 0 bridgehead atoms. The van der Waals surface area contributed by atoms with Crippen molar-refractivity contribution in [2.75, 3.05) is 0 Å². The van der Waals surface area contributed by atoms with Crippen LogP contribution in [0.3, 0.4) is 0 Å². The van der Waals surface area contributed by atoms with E-state index in [0.717, 1.165) is 33.7 Å². The molecule has 3 aromatic heterocycles. The van der Waals surface area contributed by atoms with Crippen LogP contribution in [0.1, 0.15) is 37.2 Å². The van der Waals surface area contributed by atoms with Gasteiger partial charge in [0.05, 0.1) is 9.83 Å². The summed E-state index contributed by atoms with van der Waals surface area (Å²) in [7, 11) is 0. The number of nitrogens with one attached hydrogen (secondary N) is 1. The van der Waals surface area contributed by atoms with Crippen molar-refractivity contribution in [3.8, 4) is 0 Å². The van der Waals surface area contributed by atoms with Gasteiger partial charge in [-0.15, -0.1) is 21.5 Å². The van der Waals surface area contributed by atoms with Crippen LogP contribution in [-0.2, 0) is 4.79 Å². The summed E-state index contributed by atoms with van der Waals surface area (Å²) in [5, 5.41) is 13.4. The van der Waals surface area contributed by atoms with Crippen LogP contribution in [0.25, 0.3) is 11.7 Å². The van der Waals surface area contributed by atoms with Crippen LogP contribution < -0.4 is 5.32 Å². The van der Waals surface area contributed by atoms with Gasteiger partial charge in [0, 0.05) is 12.3 Å². The quantitative estimate of drug-likeness (QED) is 0.625. The summed E-state index contributed by atoms with van der Waals surface area (Å²) in [6, 6.07) is 7.56. The van der Waals surface area contributed by atoms with Gasteiger partial charge in [0.25, 0.3) is 0 Å². The van der Waals surface area contributed by atoms with Crippen LogP contribution >= 0.6 is 27.3 Å². The summed E-state index contributed by atoms with van der Waals surface area (Å²) in [5.74, 6) is 0.621. The van der Waals surface area contributed by atoms with Crippen molar-refractivity contribution in [3.05, 3.63) is 57.1 Å². The third kappa shape index (κ3) is 3.91. The van der Waals surface area contributed by atoms with E-state index < -0.39 is 0 Å². The second-order valence-electron chi connectivity index (χ2n) is 5.35. The molecule has 24 heavy (non-hydrogen) atoms. The van der Waals surface area contributed by atoms with Gasteiger partial charge in [-0.1, -0.05) is 19.4 Å². The van der Waals surface area contributed by atoms with Crippen LogP contribution in [0.2, 0.25) is 0 Å². The third-order valence-corrected chi connectivity index (χ3v) is 5.08. The second kappa shape index (κ2) is 7.72. The summed E-state index contributed by atoms with van der Waals surface area (Å²) in [4.78, 5) is 12.3. The number of thiophene rings is 1. The summed E-state index contributed by atoms with van der Waals surface area (Å²) in [6.45, 7) is 2.08. The average molecular weight is 405 g/mol. The number of nitrogens with zero attached hydrogens (tertiary/aromatic N) is 3. The zero-order chi connectivity index (χ0) is 16.9. The zero-order valence-electron chi connectivity index (χ0n) is 13.1. The number of halogens is 1. The number of rotatable bonds is 6. The van der Waals surface area contributed by atoms with Crippen molar-refractivity contribution in [2.45, 2.75) is 25.8 Å². The Hall–Kier alpha value is -1.99. The number of hydrogen-bond acceptors (Lipinski definition) is 4. The molecule has 0 aliphatic rings. The number of fused-ring (bicyclic) bond motifs is 1. The van der Waals surface area contributed by atoms with Crippen molar-refractivity contribution in [2.24, 2.45) is 0 Å². The molecule has 1 atom stereocenters. The van der Waals surface area contributed by atoms with Gasteiger partial charge < -0.3 is 5.32 Å². The molecule has 124 valence electrons. The van der Waals surface area contributed by atoms with Gasteiger partial charge in [-0.05, 0) is 57.6 Å². The predicted molar refractivity (Wildman–Crippen MR) is 99.8 cm³/mol. The maximum atomic E-state index is 12.3. The monoisotopic (exact) mass is 404 g/mol. The Bertz CT molecular complexity index is 870. The van der Waals surface area contributed by atoms with Gasteiger partial charge in [0.2, 0.25) is 5.91 Å². The van der Waals surface area contributed by atoms with Crippen LogP contribution in [0, 0.1) is 0 Å². The zero-order valence-corrected chi connectivity index (χ0v) is 15.5. The Morgan fingerprint density at radius 2 is 2.33 bits per heavy atom.